The first-order valence-corrected chi connectivity index (χ1v) is 4.21. The highest BCUT2D eigenvalue weighted by Crippen LogP contribution is 2.04. The number of hydrogen-bond donors (Lipinski definition) is 2. The van der Waals surface area contributed by atoms with Crippen molar-refractivity contribution < 1.29 is 0 Å². The predicted octanol–water partition coefficient (Wildman–Crippen LogP) is 0.569. The predicted molar refractivity (Wildman–Crippen MR) is 50.0 cm³/mol. The summed E-state index contributed by atoms with van der Waals surface area (Å²) in [5, 5.41) is 3.25. The molecule has 4 nitrogen and oxygen atoms in total. The normalized spacial score (nSPS) is 12.9. The molecule has 0 saturated carbocycles. The molecule has 0 aliphatic heterocycles. The van der Waals surface area contributed by atoms with E-state index in [0.717, 1.165) is 12.4 Å². The van der Waals surface area contributed by atoms with E-state index < -0.39 is 0 Å². The number of aromatic nitrogens is 2. The van der Waals surface area contributed by atoms with Crippen molar-refractivity contribution in [3.8, 4) is 0 Å². The smallest absolute Gasteiger partial charge is 0.202 e. The van der Waals surface area contributed by atoms with Gasteiger partial charge in [0.05, 0.1) is 0 Å². The van der Waals surface area contributed by atoms with Crippen molar-refractivity contribution in [2.75, 3.05) is 11.9 Å². The molecule has 0 radical (unpaired) electrons. The Balaban J connectivity index is 2.56. The van der Waals surface area contributed by atoms with Crippen LogP contribution >= 0.6 is 0 Å². The van der Waals surface area contributed by atoms with Crippen LogP contribution in [0.25, 0.3) is 0 Å². The first-order chi connectivity index (χ1) is 5.77. The van der Waals surface area contributed by atoms with Crippen LogP contribution in [0.15, 0.2) is 12.4 Å². The van der Waals surface area contributed by atoms with E-state index in [9.17, 15) is 0 Å². The van der Waals surface area contributed by atoms with Crippen LogP contribution < -0.4 is 11.1 Å². The summed E-state index contributed by atoms with van der Waals surface area (Å²) in [4.78, 5) is 4.15. The highest BCUT2D eigenvalue weighted by Gasteiger charge is 2.05. The third-order valence-electron chi connectivity index (χ3n) is 1.93. The molecular formula is C8H16N4. The van der Waals surface area contributed by atoms with Crippen molar-refractivity contribution in [2.24, 2.45) is 12.8 Å². The largest absolute Gasteiger partial charge is 0.352 e. The van der Waals surface area contributed by atoms with Crippen LogP contribution in [-0.4, -0.2) is 22.1 Å². The second-order valence-electron chi connectivity index (χ2n) is 2.85. The fourth-order valence-electron chi connectivity index (χ4n) is 1.01. The van der Waals surface area contributed by atoms with Crippen LogP contribution in [0.1, 0.15) is 13.3 Å². The minimum atomic E-state index is 0.325. The highest BCUT2D eigenvalue weighted by atomic mass is 15.2. The summed E-state index contributed by atoms with van der Waals surface area (Å²) < 4.78 is 1.94. The van der Waals surface area contributed by atoms with Crippen LogP contribution in [0.4, 0.5) is 5.95 Å². The molecule has 0 aliphatic carbocycles. The van der Waals surface area contributed by atoms with Gasteiger partial charge in [-0.25, -0.2) is 4.98 Å². The maximum Gasteiger partial charge on any atom is 0.202 e. The van der Waals surface area contributed by atoms with E-state index in [4.69, 9.17) is 5.73 Å². The molecule has 1 aromatic heterocycles. The molecule has 0 aromatic carbocycles. The lowest BCUT2D eigenvalue weighted by molar-refractivity contribution is 0.688. The van der Waals surface area contributed by atoms with Gasteiger partial charge in [0, 0.05) is 32.0 Å². The fourth-order valence-corrected chi connectivity index (χ4v) is 1.01. The maximum absolute atomic E-state index is 5.55. The Morgan fingerprint density at radius 1 is 1.75 bits per heavy atom. The Hall–Kier alpha value is -1.03. The number of hydrogen-bond acceptors (Lipinski definition) is 3. The number of imidazole rings is 1. The minimum Gasteiger partial charge on any atom is -0.352 e. The molecule has 0 bridgehead atoms. The standard InChI is InChI=1S/C8H16N4/c1-3-7(6-9)11-8-10-4-5-12(8)2/h4-5,7H,3,6,9H2,1-2H3,(H,10,11). The summed E-state index contributed by atoms with van der Waals surface area (Å²) >= 11 is 0. The summed E-state index contributed by atoms with van der Waals surface area (Å²) in [6.45, 7) is 2.75. The van der Waals surface area contributed by atoms with E-state index in [1.807, 2.05) is 17.8 Å². The molecule has 0 spiro atoms. The van der Waals surface area contributed by atoms with Gasteiger partial charge in [-0.15, -0.1) is 0 Å². The van der Waals surface area contributed by atoms with Gasteiger partial charge in [-0.1, -0.05) is 6.92 Å². The number of nitrogens with two attached hydrogens (primary N) is 1. The van der Waals surface area contributed by atoms with E-state index in [-0.39, 0.29) is 0 Å². The Bertz CT molecular complexity index is 227. The molecule has 12 heavy (non-hydrogen) atoms. The average Bonchev–Trinajstić information content (AvgIpc) is 2.47. The van der Waals surface area contributed by atoms with Gasteiger partial charge in [-0.05, 0) is 6.42 Å². The molecule has 1 rings (SSSR count). The van der Waals surface area contributed by atoms with Crippen LogP contribution in [-0.2, 0) is 7.05 Å². The third-order valence-corrected chi connectivity index (χ3v) is 1.93. The lowest BCUT2D eigenvalue weighted by Crippen LogP contribution is -2.29. The quantitative estimate of drug-likeness (QED) is 0.691. The van der Waals surface area contributed by atoms with E-state index in [0.29, 0.717) is 12.6 Å². The van der Waals surface area contributed by atoms with Gasteiger partial charge in [0.25, 0.3) is 0 Å². The fraction of sp³-hybridized carbons (Fsp3) is 0.625. The Kier molecular flexibility index (Phi) is 3.10. The van der Waals surface area contributed by atoms with Crippen molar-refractivity contribution in [1.82, 2.24) is 9.55 Å². The first kappa shape index (κ1) is 9.06. The number of anilines is 1. The average molecular weight is 168 g/mol. The minimum absolute atomic E-state index is 0.325. The molecule has 1 unspecified atom stereocenters. The van der Waals surface area contributed by atoms with Crippen LogP contribution in [0.5, 0.6) is 0 Å². The number of nitrogens with zero attached hydrogens (tertiary/aromatic N) is 2. The Labute approximate surface area is 72.8 Å². The summed E-state index contributed by atoms with van der Waals surface area (Å²) in [7, 11) is 1.96. The Morgan fingerprint density at radius 3 is 2.92 bits per heavy atom. The van der Waals surface area contributed by atoms with Gasteiger partial charge in [0.1, 0.15) is 0 Å². The molecule has 3 N–H and O–H groups in total. The molecule has 1 heterocycles. The first-order valence-electron chi connectivity index (χ1n) is 4.21. The lowest BCUT2D eigenvalue weighted by atomic mass is 10.2. The van der Waals surface area contributed by atoms with Gasteiger partial charge in [-0.3, -0.25) is 0 Å². The highest BCUT2D eigenvalue weighted by molar-refractivity contribution is 5.26. The van der Waals surface area contributed by atoms with Gasteiger partial charge < -0.3 is 15.6 Å². The summed E-state index contributed by atoms with van der Waals surface area (Å²) in [6, 6.07) is 0.325. The van der Waals surface area contributed by atoms with Crippen molar-refractivity contribution in [3.05, 3.63) is 12.4 Å². The molecular weight excluding hydrogens is 152 g/mol. The van der Waals surface area contributed by atoms with E-state index in [1.165, 1.54) is 0 Å². The van der Waals surface area contributed by atoms with Crippen LogP contribution in [0.3, 0.4) is 0 Å². The van der Waals surface area contributed by atoms with Gasteiger partial charge >= 0.3 is 0 Å². The van der Waals surface area contributed by atoms with Crippen LogP contribution in [0, 0.1) is 0 Å². The SMILES string of the molecule is CCC(CN)Nc1nccn1C. The van der Waals surface area contributed by atoms with Gasteiger partial charge in [0.2, 0.25) is 5.95 Å². The van der Waals surface area contributed by atoms with Crippen molar-refractivity contribution >= 4 is 5.95 Å². The zero-order valence-electron chi connectivity index (χ0n) is 7.62. The molecule has 1 aromatic rings. The van der Waals surface area contributed by atoms with Gasteiger partial charge in [0.15, 0.2) is 0 Å². The van der Waals surface area contributed by atoms with E-state index in [2.05, 4.69) is 17.2 Å². The second-order valence-corrected chi connectivity index (χ2v) is 2.85. The molecule has 4 heteroatoms. The van der Waals surface area contributed by atoms with E-state index >= 15 is 0 Å². The van der Waals surface area contributed by atoms with Crippen molar-refractivity contribution in [1.29, 1.82) is 0 Å². The van der Waals surface area contributed by atoms with Crippen LogP contribution in [0.2, 0.25) is 0 Å². The lowest BCUT2D eigenvalue weighted by Gasteiger charge is -2.14. The molecule has 1 atom stereocenters. The topological polar surface area (TPSA) is 55.9 Å². The summed E-state index contributed by atoms with van der Waals surface area (Å²) in [5.41, 5.74) is 5.55. The summed E-state index contributed by atoms with van der Waals surface area (Å²) in [6.07, 6.45) is 4.69. The Morgan fingerprint density at radius 2 is 2.50 bits per heavy atom. The van der Waals surface area contributed by atoms with Crippen molar-refractivity contribution in [3.63, 3.8) is 0 Å². The van der Waals surface area contributed by atoms with E-state index in [1.54, 1.807) is 6.20 Å². The summed E-state index contributed by atoms with van der Waals surface area (Å²) in [5.74, 6) is 0.882. The molecule has 68 valence electrons. The molecule has 0 amide bonds. The zero-order valence-corrected chi connectivity index (χ0v) is 7.62. The number of aryl methyl sites for hydroxylation is 1. The molecule has 0 saturated heterocycles. The third kappa shape index (κ3) is 1.98. The second kappa shape index (κ2) is 4.11. The number of rotatable bonds is 4. The van der Waals surface area contributed by atoms with Crippen molar-refractivity contribution in [2.45, 2.75) is 19.4 Å². The zero-order chi connectivity index (χ0) is 8.97. The number of nitrogens with one attached hydrogen (secondary N) is 1. The molecule has 0 fully saturated rings. The monoisotopic (exact) mass is 168 g/mol. The maximum atomic E-state index is 5.55. The molecule has 0 aliphatic rings. The van der Waals surface area contributed by atoms with Gasteiger partial charge in [-0.2, -0.15) is 0 Å².